The van der Waals surface area contributed by atoms with Gasteiger partial charge in [-0.2, -0.15) is 0 Å². The van der Waals surface area contributed by atoms with Crippen molar-refractivity contribution in [3.63, 3.8) is 0 Å². The van der Waals surface area contributed by atoms with E-state index in [0.717, 1.165) is 4.90 Å². The molecule has 11 nitrogen and oxygen atoms in total. The maximum absolute atomic E-state index is 13.8. The highest BCUT2D eigenvalue weighted by atomic mass is 79.9. The van der Waals surface area contributed by atoms with E-state index in [1.165, 1.54) is 23.9 Å². The number of nitrogens with zero attached hydrogens (tertiary/aromatic N) is 2. The molecule has 5 aromatic rings. The van der Waals surface area contributed by atoms with Crippen molar-refractivity contribution in [3.05, 3.63) is 159 Å². The van der Waals surface area contributed by atoms with Crippen molar-refractivity contribution in [2.45, 2.75) is 34.3 Å². The number of esters is 3. The average molecular weight is 768 g/mol. The van der Waals surface area contributed by atoms with Gasteiger partial charge in [0.2, 0.25) is 0 Å². The second-order valence-corrected chi connectivity index (χ2v) is 13.4. The van der Waals surface area contributed by atoms with Gasteiger partial charge in [-0.25, -0.2) is 14.4 Å². The molecule has 0 aliphatic carbocycles. The van der Waals surface area contributed by atoms with E-state index in [1.54, 1.807) is 102 Å². The predicted molar refractivity (Wildman–Crippen MR) is 190 cm³/mol. The smallest absolute Gasteiger partial charge is 0.338 e. The Hall–Kier alpha value is -5.50. The van der Waals surface area contributed by atoms with E-state index in [0.29, 0.717) is 26.3 Å². The van der Waals surface area contributed by atoms with Crippen LogP contribution in [0.25, 0.3) is 0 Å². The van der Waals surface area contributed by atoms with Gasteiger partial charge in [0.1, 0.15) is 12.7 Å². The molecule has 0 N–H and O–H groups in total. The van der Waals surface area contributed by atoms with E-state index in [9.17, 15) is 24.5 Å². The fourth-order valence-electron chi connectivity index (χ4n) is 5.88. The lowest BCUT2D eigenvalue weighted by molar-refractivity contribution is -0.385. The zero-order chi connectivity index (χ0) is 35.5. The molecule has 7 rings (SSSR count). The van der Waals surface area contributed by atoms with E-state index in [2.05, 4.69) is 15.9 Å². The molecule has 0 radical (unpaired) electrons. The molecule has 13 heteroatoms. The third kappa shape index (κ3) is 7.09. The summed E-state index contributed by atoms with van der Waals surface area (Å²) in [5.74, 6) is -2.05. The van der Waals surface area contributed by atoms with Crippen molar-refractivity contribution in [2.75, 3.05) is 11.5 Å². The van der Waals surface area contributed by atoms with E-state index < -0.39 is 47.4 Å². The van der Waals surface area contributed by atoms with Crippen LogP contribution in [0.5, 0.6) is 0 Å². The number of hydrogen-bond acceptors (Lipinski definition) is 11. The van der Waals surface area contributed by atoms with Crippen LogP contribution in [0.3, 0.4) is 0 Å². The van der Waals surface area contributed by atoms with Crippen molar-refractivity contribution < 1.29 is 38.3 Å². The number of rotatable bonds is 9. The Balaban J connectivity index is 1.34. The summed E-state index contributed by atoms with van der Waals surface area (Å²) in [4.78, 5) is 54.8. The monoisotopic (exact) mass is 766 g/mol. The lowest BCUT2D eigenvalue weighted by atomic mass is 10.1. The van der Waals surface area contributed by atoms with Crippen LogP contribution in [0.4, 0.5) is 17.1 Å². The lowest BCUT2D eigenvalue weighted by Gasteiger charge is -2.39. The van der Waals surface area contributed by atoms with Crippen LogP contribution in [0.1, 0.15) is 31.1 Å². The molecular formula is C38H27BrN2O9S. The first kappa shape index (κ1) is 34.0. The van der Waals surface area contributed by atoms with Gasteiger partial charge in [0.05, 0.1) is 33.0 Å². The van der Waals surface area contributed by atoms with Crippen LogP contribution in [0.2, 0.25) is 0 Å². The number of halogens is 1. The third-order valence-electron chi connectivity index (χ3n) is 8.26. The first-order valence-corrected chi connectivity index (χ1v) is 17.3. The van der Waals surface area contributed by atoms with Gasteiger partial charge in [0.15, 0.2) is 18.4 Å². The summed E-state index contributed by atoms with van der Waals surface area (Å²) < 4.78 is 25.3. The maximum atomic E-state index is 13.8. The molecule has 0 bridgehead atoms. The zero-order valence-corrected chi connectivity index (χ0v) is 28.9. The summed E-state index contributed by atoms with van der Waals surface area (Å²) >= 11 is 4.99. The van der Waals surface area contributed by atoms with E-state index in [1.807, 2.05) is 18.2 Å². The van der Waals surface area contributed by atoms with Gasteiger partial charge in [-0.05, 0) is 70.5 Å². The Kier molecular flexibility index (Phi) is 9.84. The number of anilines is 2. The Morgan fingerprint density at radius 1 is 0.725 bits per heavy atom. The molecule has 5 aromatic carbocycles. The molecule has 0 aromatic heterocycles. The largest absolute Gasteiger partial charge is 0.459 e. The Bertz CT molecular complexity index is 2100. The molecular weight excluding hydrogens is 740 g/mol. The molecule has 256 valence electrons. The third-order valence-corrected chi connectivity index (χ3v) is 9.99. The number of fused-ring (bicyclic) bond motifs is 2. The molecule has 1 saturated heterocycles. The zero-order valence-electron chi connectivity index (χ0n) is 26.5. The minimum atomic E-state index is -1.29. The van der Waals surface area contributed by atoms with Crippen LogP contribution in [0.15, 0.2) is 142 Å². The number of carbonyl (C=O) groups excluding carboxylic acids is 3. The normalized spacial score (nSPS) is 19.0. The molecule has 0 unspecified atom stereocenters. The number of non-ortho nitro benzene ring substituents is 1. The summed E-state index contributed by atoms with van der Waals surface area (Å²) in [5, 5.41) is 11.8. The van der Waals surface area contributed by atoms with Crippen LogP contribution in [0, 0.1) is 10.1 Å². The summed E-state index contributed by atoms with van der Waals surface area (Å²) in [5.41, 5.74) is 1.83. The Morgan fingerprint density at radius 3 is 1.88 bits per heavy atom. The van der Waals surface area contributed by atoms with Crippen LogP contribution >= 0.6 is 27.7 Å². The fourth-order valence-corrected chi connectivity index (χ4v) is 7.70. The van der Waals surface area contributed by atoms with E-state index >= 15 is 0 Å². The molecule has 2 aliphatic heterocycles. The highest BCUT2D eigenvalue weighted by molar-refractivity contribution is 9.10. The quantitative estimate of drug-likeness (QED) is 0.0625. The van der Waals surface area contributed by atoms with Gasteiger partial charge in [-0.3, -0.25) is 10.1 Å². The van der Waals surface area contributed by atoms with Gasteiger partial charge in [-0.15, -0.1) is 0 Å². The van der Waals surface area contributed by atoms with Crippen LogP contribution < -0.4 is 4.90 Å². The molecule has 2 aliphatic rings. The summed E-state index contributed by atoms with van der Waals surface area (Å²) in [6.07, 6.45) is -4.87. The number of carbonyl (C=O) groups is 3. The lowest BCUT2D eigenvalue weighted by Crippen LogP contribution is -2.47. The predicted octanol–water partition coefficient (Wildman–Crippen LogP) is 7.99. The van der Waals surface area contributed by atoms with E-state index in [-0.39, 0.29) is 23.4 Å². The Labute approximate surface area is 304 Å². The minimum Gasteiger partial charge on any atom is -0.459 e. The topological polar surface area (TPSA) is 135 Å². The summed E-state index contributed by atoms with van der Waals surface area (Å²) in [6, 6.07) is 35.0. The first-order valence-electron chi connectivity index (χ1n) is 15.7. The molecule has 4 atom stereocenters. The van der Waals surface area contributed by atoms with E-state index in [4.69, 9.17) is 18.9 Å². The molecule has 51 heavy (non-hydrogen) atoms. The molecule has 0 amide bonds. The summed E-state index contributed by atoms with van der Waals surface area (Å²) in [6.45, 7) is -0.366. The second-order valence-electron chi connectivity index (χ2n) is 11.5. The van der Waals surface area contributed by atoms with Crippen molar-refractivity contribution in [1.29, 1.82) is 0 Å². The fraction of sp³-hybridized carbons (Fsp3) is 0.132. The summed E-state index contributed by atoms with van der Waals surface area (Å²) in [7, 11) is 0. The second kappa shape index (κ2) is 14.8. The van der Waals surface area contributed by atoms with Crippen molar-refractivity contribution in [1.82, 2.24) is 0 Å². The highest BCUT2D eigenvalue weighted by Gasteiger charge is 2.54. The SMILES string of the molecule is O=C(OC[C@H]1O[C@@H](N2c3ccc([N+](=O)[O-])cc3Sc3cccc(Br)c32)[C@H](OC(=O)c2ccccc2)[C@@H]1OC(=O)c1ccccc1)c1ccccc1. The van der Waals surface area contributed by atoms with Crippen molar-refractivity contribution in [2.24, 2.45) is 0 Å². The number of hydrogen-bond donors (Lipinski definition) is 0. The number of nitro benzene ring substituents is 1. The molecule has 1 fully saturated rings. The standard InChI is InChI=1S/C38H27BrN2O9S/c39-27-17-10-18-30-32(27)40(28-20-19-26(41(45)46)21-31(28)51-30)35-34(50-38(44)25-15-8-3-9-16-25)33(49-37(43)24-13-6-2-7-14-24)29(48-35)22-47-36(42)23-11-4-1-5-12-23/h1-21,29,33-35H,22H2/t29-,33-,34-,35-/m1/s1. The van der Waals surface area contributed by atoms with Gasteiger partial charge < -0.3 is 23.8 Å². The van der Waals surface area contributed by atoms with Gasteiger partial charge in [0, 0.05) is 26.4 Å². The van der Waals surface area contributed by atoms with Gasteiger partial charge in [0.25, 0.3) is 5.69 Å². The number of nitro groups is 1. The average Bonchev–Trinajstić information content (AvgIpc) is 3.49. The van der Waals surface area contributed by atoms with Crippen LogP contribution in [-0.2, 0) is 18.9 Å². The van der Waals surface area contributed by atoms with Gasteiger partial charge >= 0.3 is 17.9 Å². The molecule has 0 spiro atoms. The number of para-hydroxylation sites is 1. The van der Waals surface area contributed by atoms with Crippen molar-refractivity contribution >= 4 is 62.7 Å². The molecule has 2 heterocycles. The number of ether oxygens (including phenoxy) is 4. The van der Waals surface area contributed by atoms with Crippen molar-refractivity contribution in [3.8, 4) is 0 Å². The maximum Gasteiger partial charge on any atom is 0.338 e. The first-order chi connectivity index (χ1) is 24.8. The van der Waals surface area contributed by atoms with Gasteiger partial charge in [-0.1, -0.05) is 72.4 Å². The Morgan fingerprint density at radius 2 is 1.29 bits per heavy atom. The minimum absolute atomic E-state index is 0.112. The number of benzene rings is 5. The molecule has 0 saturated carbocycles. The highest BCUT2D eigenvalue weighted by Crippen LogP contribution is 2.54. The van der Waals surface area contributed by atoms with Crippen LogP contribution in [-0.4, -0.2) is 54.0 Å².